The lowest BCUT2D eigenvalue weighted by Crippen LogP contribution is -2.12. The first-order valence-corrected chi connectivity index (χ1v) is 6.67. The smallest absolute Gasteiger partial charge is 0.200 e. The van der Waals surface area contributed by atoms with E-state index in [2.05, 4.69) is 0 Å². The lowest BCUT2D eigenvalue weighted by molar-refractivity contribution is 0.0919. The van der Waals surface area contributed by atoms with Crippen LogP contribution < -0.4 is 4.74 Å². The number of carbonyl (C=O) groups excluding carboxylic acids is 1. The van der Waals surface area contributed by atoms with Gasteiger partial charge in [0.25, 0.3) is 0 Å². The molecule has 0 radical (unpaired) electrons. The first-order chi connectivity index (χ1) is 9.49. The van der Waals surface area contributed by atoms with Gasteiger partial charge < -0.3 is 4.74 Å². The SMILES string of the molecule is O=C(COc1cccc(Cl)c1F)c1ccc(Cl)c(Cl)c1. The van der Waals surface area contributed by atoms with Crippen molar-refractivity contribution in [1.82, 2.24) is 0 Å². The Balaban J connectivity index is 2.08. The molecule has 0 bridgehead atoms. The first kappa shape index (κ1) is 15.1. The predicted molar refractivity (Wildman–Crippen MR) is 77.7 cm³/mol. The summed E-state index contributed by atoms with van der Waals surface area (Å²) in [5.41, 5.74) is 0.335. The third-order valence-corrected chi connectivity index (χ3v) is 3.55. The van der Waals surface area contributed by atoms with Gasteiger partial charge in [0.05, 0.1) is 15.1 Å². The molecule has 104 valence electrons. The van der Waals surface area contributed by atoms with Crippen LogP contribution in [-0.4, -0.2) is 12.4 Å². The van der Waals surface area contributed by atoms with Crippen LogP contribution in [0, 0.1) is 5.82 Å². The minimum atomic E-state index is -0.698. The minimum absolute atomic E-state index is 0.0653. The molecule has 20 heavy (non-hydrogen) atoms. The fourth-order valence-electron chi connectivity index (χ4n) is 1.49. The normalized spacial score (nSPS) is 10.4. The summed E-state index contributed by atoms with van der Waals surface area (Å²) in [7, 11) is 0. The van der Waals surface area contributed by atoms with Gasteiger partial charge >= 0.3 is 0 Å². The van der Waals surface area contributed by atoms with Crippen LogP contribution in [0.4, 0.5) is 4.39 Å². The van der Waals surface area contributed by atoms with E-state index >= 15 is 0 Å². The van der Waals surface area contributed by atoms with Crippen molar-refractivity contribution in [3.05, 3.63) is 62.8 Å². The average molecular weight is 334 g/mol. The van der Waals surface area contributed by atoms with Crippen molar-refractivity contribution in [2.75, 3.05) is 6.61 Å². The van der Waals surface area contributed by atoms with E-state index in [1.165, 1.54) is 36.4 Å². The Hall–Kier alpha value is -1.29. The molecule has 2 aromatic rings. The van der Waals surface area contributed by atoms with Crippen molar-refractivity contribution >= 4 is 40.6 Å². The van der Waals surface area contributed by atoms with E-state index < -0.39 is 5.82 Å². The molecule has 0 unspecified atom stereocenters. The number of ketones is 1. The van der Waals surface area contributed by atoms with Crippen molar-refractivity contribution in [1.29, 1.82) is 0 Å². The molecular weight excluding hydrogens is 326 g/mol. The number of rotatable bonds is 4. The van der Waals surface area contributed by atoms with Crippen molar-refractivity contribution in [3.8, 4) is 5.75 Å². The van der Waals surface area contributed by atoms with Crippen LogP contribution in [0.15, 0.2) is 36.4 Å². The fraction of sp³-hybridized carbons (Fsp3) is 0.0714. The highest BCUT2D eigenvalue weighted by Crippen LogP contribution is 2.25. The summed E-state index contributed by atoms with van der Waals surface area (Å²) >= 11 is 17.2. The maximum Gasteiger partial charge on any atom is 0.200 e. The number of ether oxygens (including phenoxy) is 1. The van der Waals surface area contributed by atoms with Crippen molar-refractivity contribution in [2.24, 2.45) is 0 Å². The van der Waals surface area contributed by atoms with Gasteiger partial charge in [0.15, 0.2) is 24.0 Å². The van der Waals surface area contributed by atoms with Gasteiger partial charge in [0, 0.05) is 5.56 Å². The van der Waals surface area contributed by atoms with E-state index in [1.54, 1.807) is 0 Å². The fourth-order valence-corrected chi connectivity index (χ4v) is 1.96. The van der Waals surface area contributed by atoms with Gasteiger partial charge in [-0.1, -0.05) is 40.9 Å². The molecule has 0 aliphatic heterocycles. The maximum atomic E-state index is 13.6. The van der Waals surface area contributed by atoms with Crippen molar-refractivity contribution in [3.63, 3.8) is 0 Å². The van der Waals surface area contributed by atoms with Crippen LogP contribution in [0.1, 0.15) is 10.4 Å². The Morgan fingerprint density at radius 2 is 1.80 bits per heavy atom. The van der Waals surface area contributed by atoms with Crippen LogP contribution in [0.5, 0.6) is 5.75 Å². The lowest BCUT2D eigenvalue weighted by Gasteiger charge is -2.07. The van der Waals surface area contributed by atoms with Gasteiger partial charge in [-0.3, -0.25) is 4.79 Å². The largest absolute Gasteiger partial charge is 0.482 e. The molecule has 0 saturated carbocycles. The molecule has 6 heteroatoms. The molecule has 0 spiro atoms. The van der Waals surface area contributed by atoms with E-state index in [9.17, 15) is 9.18 Å². The molecule has 0 aliphatic carbocycles. The standard InChI is InChI=1S/C14H8Cl3FO2/c15-9-5-4-8(6-11(9)17)12(19)7-20-13-3-1-2-10(16)14(13)18/h1-6H,7H2. The van der Waals surface area contributed by atoms with Gasteiger partial charge in [-0.05, 0) is 30.3 Å². The zero-order valence-electron chi connectivity index (χ0n) is 10.00. The highest BCUT2D eigenvalue weighted by atomic mass is 35.5. The highest BCUT2D eigenvalue weighted by Gasteiger charge is 2.12. The molecule has 2 rings (SSSR count). The summed E-state index contributed by atoms with van der Waals surface area (Å²) in [5.74, 6) is -1.12. The summed E-state index contributed by atoms with van der Waals surface area (Å²) in [6.45, 7) is -0.324. The molecule has 0 saturated heterocycles. The Morgan fingerprint density at radius 3 is 2.50 bits per heavy atom. The van der Waals surface area contributed by atoms with Gasteiger partial charge in [-0.25, -0.2) is 4.39 Å². The summed E-state index contributed by atoms with van der Waals surface area (Å²) in [4.78, 5) is 11.9. The van der Waals surface area contributed by atoms with Crippen molar-refractivity contribution in [2.45, 2.75) is 0 Å². The molecule has 0 aromatic heterocycles. The summed E-state index contributed by atoms with van der Waals surface area (Å²) < 4.78 is 18.7. The molecule has 2 nitrogen and oxygen atoms in total. The first-order valence-electron chi connectivity index (χ1n) is 5.54. The Kier molecular flexibility index (Phi) is 4.86. The van der Waals surface area contributed by atoms with Gasteiger partial charge in [-0.2, -0.15) is 0 Å². The monoisotopic (exact) mass is 332 g/mol. The van der Waals surface area contributed by atoms with Crippen LogP contribution in [-0.2, 0) is 0 Å². The van der Waals surface area contributed by atoms with Crippen molar-refractivity contribution < 1.29 is 13.9 Å². The molecule has 0 heterocycles. The maximum absolute atomic E-state index is 13.6. The van der Waals surface area contributed by atoms with Gasteiger partial charge in [-0.15, -0.1) is 0 Å². The van der Waals surface area contributed by atoms with Crippen LogP contribution in [0.3, 0.4) is 0 Å². The molecular formula is C14H8Cl3FO2. The van der Waals surface area contributed by atoms with E-state index in [4.69, 9.17) is 39.5 Å². The second-order valence-electron chi connectivity index (χ2n) is 3.89. The lowest BCUT2D eigenvalue weighted by atomic mass is 10.1. The van der Waals surface area contributed by atoms with E-state index in [0.717, 1.165) is 0 Å². The molecule has 0 atom stereocenters. The third-order valence-electron chi connectivity index (χ3n) is 2.52. The molecule has 2 aromatic carbocycles. The van der Waals surface area contributed by atoms with Gasteiger partial charge in [0.2, 0.25) is 0 Å². The minimum Gasteiger partial charge on any atom is -0.482 e. The van der Waals surface area contributed by atoms with E-state index in [0.29, 0.717) is 10.6 Å². The summed E-state index contributed by atoms with van der Waals surface area (Å²) in [5, 5.41) is 0.556. The predicted octanol–water partition coefficient (Wildman–Crippen LogP) is 5.05. The zero-order chi connectivity index (χ0) is 14.7. The molecule has 0 amide bonds. The topological polar surface area (TPSA) is 26.3 Å². The Labute approximate surface area is 130 Å². The molecule has 0 fully saturated rings. The highest BCUT2D eigenvalue weighted by molar-refractivity contribution is 6.42. The third kappa shape index (κ3) is 3.42. The molecule has 0 aliphatic rings. The number of halogens is 4. The molecule has 0 N–H and O–H groups in total. The second kappa shape index (κ2) is 6.44. The number of hydrogen-bond donors (Lipinski definition) is 0. The quantitative estimate of drug-likeness (QED) is 0.732. The van der Waals surface area contributed by atoms with E-state index in [-0.39, 0.29) is 28.2 Å². The average Bonchev–Trinajstić information content (AvgIpc) is 2.43. The summed E-state index contributed by atoms with van der Waals surface area (Å²) in [6, 6.07) is 8.79. The van der Waals surface area contributed by atoms with Crippen LogP contribution in [0.2, 0.25) is 15.1 Å². The number of Topliss-reactive ketones (excluding diaryl/α,β-unsaturated/α-hetero) is 1. The Morgan fingerprint density at radius 1 is 1.05 bits per heavy atom. The second-order valence-corrected chi connectivity index (χ2v) is 5.11. The zero-order valence-corrected chi connectivity index (χ0v) is 12.3. The van der Waals surface area contributed by atoms with E-state index in [1.807, 2.05) is 0 Å². The number of benzene rings is 2. The number of hydrogen-bond acceptors (Lipinski definition) is 2. The summed E-state index contributed by atoms with van der Waals surface area (Å²) in [6.07, 6.45) is 0. The number of carbonyl (C=O) groups is 1. The van der Waals surface area contributed by atoms with Crippen LogP contribution in [0.25, 0.3) is 0 Å². The Bertz CT molecular complexity index is 659. The van der Waals surface area contributed by atoms with Crippen LogP contribution >= 0.6 is 34.8 Å². The van der Waals surface area contributed by atoms with Gasteiger partial charge in [0.1, 0.15) is 0 Å².